The van der Waals surface area contributed by atoms with E-state index in [2.05, 4.69) is 35.2 Å². The quantitative estimate of drug-likeness (QED) is 0.471. The van der Waals surface area contributed by atoms with Gasteiger partial charge in [0, 0.05) is 42.8 Å². The molecule has 3 aromatic rings. The molecule has 6 heteroatoms. The summed E-state index contributed by atoms with van der Waals surface area (Å²) in [6, 6.07) is 12.0. The van der Waals surface area contributed by atoms with E-state index >= 15 is 0 Å². The van der Waals surface area contributed by atoms with Gasteiger partial charge in [-0.25, -0.2) is 4.39 Å². The average Bonchev–Trinajstić information content (AvgIpc) is 3.54. The molecular weight excluding hydrogens is 427 g/mol. The third kappa shape index (κ3) is 4.91. The number of hydrogen-bond donors (Lipinski definition) is 0. The number of carbonyl (C=O) groups is 1. The first kappa shape index (κ1) is 22.8. The lowest BCUT2D eigenvalue weighted by molar-refractivity contribution is 0.0719. The maximum atomic E-state index is 13.8. The van der Waals surface area contributed by atoms with Crippen LogP contribution < -0.4 is 0 Å². The summed E-state index contributed by atoms with van der Waals surface area (Å²) in [5, 5.41) is 4.00. The van der Waals surface area contributed by atoms with Gasteiger partial charge in [-0.05, 0) is 67.9 Å². The molecule has 6 rings (SSSR count). The molecular formula is C28H33FN4O. The largest absolute Gasteiger partial charge is 0.334 e. The maximum Gasteiger partial charge on any atom is 0.254 e. The molecule has 0 unspecified atom stereocenters. The van der Waals surface area contributed by atoms with Crippen LogP contribution in [0.2, 0.25) is 0 Å². The number of aryl methyl sites for hydroxylation is 1. The number of halogens is 1. The van der Waals surface area contributed by atoms with Crippen molar-refractivity contribution in [1.29, 1.82) is 0 Å². The van der Waals surface area contributed by atoms with Crippen LogP contribution in [0, 0.1) is 12.8 Å². The minimum absolute atomic E-state index is 0.192. The topological polar surface area (TPSA) is 51.0 Å². The highest BCUT2D eigenvalue weighted by atomic mass is 19.1. The summed E-state index contributed by atoms with van der Waals surface area (Å²) >= 11 is 0. The molecule has 0 radical (unpaired) electrons. The summed E-state index contributed by atoms with van der Waals surface area (Å²) in [5.74, 6) is 0.910. The van der Waals surface area contributed by atoms with Crippen molar-refractivity contribution in [3.63, 3.8) is 0 Å². The highest BCUT2D eigenvalue weighted by molar-refractivity contribution is 5.99. The Morgan fingerprint density at radius 3 is 2.59 bits per heavy atom. The molecule has 2 aliphatic carbocycles. The van der Waals surface area contributed by atoms with Crippen LogP contribution in [0.4, 0.5) is 4.39 Å². The van der Waals surface area contributed by atoms with Crippen LogP contribution in [-0.2, 0) is 13.1 Å². The molecule has 1 amide bonds. The van der Waals surface area contributed by atoms with Crippen molar-refractivity contribution in [2.24, 2.45) is 5.92 Å². The van der Waals surface area contributed by atoms with Crippen LogP contribution in [0.3, 0.4) is 0 Å². The summed E-state index contributed by atoms with van der Waals surface area (Å²) in [7, 11) is 0. The standard InChI is InChI=1S/C19H20N2O.C9H13FN2/c1-13-4-3-9-20-18(13)15-7-8-16-12-21(11-14-5-2-6-14)19(22)17(16)10-15;10-9(4-1-2-5-9)8-12-7-3-6-11-12/h3-4,7-10,14H,2,5-6,11-12H2,1H3;3,6-7H,1-2,4-5,8H2. The molecule has 2 saturated carbocycles. The first-order valence-electron chi connectivity index (χ1n) is 12.5. The van der Waals surface area contributed by atoms with E-state index in [1.807, 2.05) is 29.3 Å². The fourth-order valence-electron chi connectivity index (χ4n) is 5.28. The van der Waals surface area contributed by atoms with E-state index in [1.54, 1.807) is 17.1 Å². The molecule has 0 saturated heterocycles. The zero-order chi connectivity index (χ0) is 23.5. The Kier molecular flexibility index (Phi) is 6.48. The zero-order valence-corrected chi connectivity index (χ0v) is 19.9. The van der Waals surface area contributed by atoms with Crippen molar-refractivity contribution < 1.29 is 9.18 Å². The second kappa shape index (κ2) is 9.69. The van der Waals surface area contributed by atoms with Crippen molar-refractivity contribution in [3.05, 3.63) is 71.7 Å². The molecule has 0 bridgehead atoms. The fourth-order valence-corrected chi connectivity index (χ4v) is 5.28. The number of nitrogens with zero attached hydrogens (tertiary/aromatic N) is 4. The molecule has 5 nitrogen and oxygen atoms in total. The monoisotopic (exact) mass is 460 g/mol. The molecule has 34 heavy (non-hydrogen) atoms. The fraction of sp³-hybridized carbons (Fsp3) is 0.464. The van der Waals surface area contributed by atoms with Crippen molar-refractivity contribution in [3.8, 4) is 11.3 Å². The van der Waals surface area contributed by atoms with Gasteiger partial charge in [-0.2, -0.15) is 5.10 Å². The predicted molar refractivity (Wildman–Crippen MR) is 131 cm³/mol. The summed E-state index contributed by atoms with van der Waals surface area (Å²) in [5.41, 5.74) is 4.18. The number of rotatable bonds is 5. The normalized spacial score (nSPS) is 18.9. The van der Waals surface area contributed by atoms with Gasteiger partial charge in [0.15, 0.2) is 0 Å². The van der Waals surface area contributed by atoms with Crippen LogP contribution in [-0.4, -0.2) is 37.8 Å². The molecule has 2 aromatic heterocycles. The van der Waals surface area contributed by atoms with E-state index in [0.717, 1.165) is 59.8 Å². The van der Waals surface area contributed by atoms with E-state index in [9.17, 15) is 9.18 Å². The summed E-state index contributed by atoms with van der Waals surface area (Å²) in [4.78, 5) is 19.1. The van der Waals surface area contributed by atoms with Crippen molar-refractivity contribution in [2.75, 3.05) is 6.54 Å². The Labute approximate surface area is 201 Å². The van der Waals surface area contributed by atoms with Gasteiger partial charge in [0.05, 0.1) is 12.2 Å². The van der Waals surface area contributed by atoms with E-state index in [-0.39, 0.29) is 5.91 Å². The molecule has 3 aliphatic rings. The summed E-state index contributed by atoms with van der Waals surface area (Å²) in [6.07, 6.45) is 12.6. The Bertz CT molecular complexity index is 1130. The lowest BCUT2D eigenvalue weighted by atomic mass is 9.85. The zero-order valence-electron chi connectivity index (χ0n) is 19.9. The van der Waals surface area contributed by atoms with Crippen LogP contribution >= 0.6 is 0 Å². The van der Waals surface area contributed by atoms with Gasteiger partial charge in [-0.15, -0.1) is 0 Å². The van der Waals surface area contributed by atoms with E-state index in [4.69, 9.17) is 0 Å². The van der Waals surface area contributed by atoms with E-state index < -0.39 is 5.67 Å². The van der Waals surface area contributed by atoms with Crippen molar-refractivity contribution in [2.45, 2.75) is 70.6 Å². The molecule has 1 aliphatic heterocycles. The Hall–Kier alpha value is -3.02. The van der Waals surface area contributed by atoms with Crippen LogP contribution in [0.5, 0.6) is 0 Å². The molecule has 0 N–H and O–H groups in total. The number of hydrogen-bond acceptors (Lipinski definition) is 3. The van der Waals surface area contributed by atoms with Crippen LogP contribution in [0.15, 0.2) is 55.0 Å². The minimum atomic E-state index is -0.980. The summed E-state index contributed by atoms with van der Waals surface area (Å²) < 4.78 is 15.5. The number of alkyl halides is 1. The highest BCUT2D eigenvalue weighted by Gasteiger charge is 2.34. The Morgan fingerprint density at radius 1 is 1.09 bits per heavy atom. The second-order valence-electron chi connectivity index (χ2n) is 10.1. The Balaban J connectivity index is 0.000000169. The van der Waals surface area contributed by atoms with Gasteiger partial charge >= 0.3 is 0 Å². The average molecular weight is 461 g/mol. The van der Waals surface area contributed by atoms with Crippen molar-refractivity contribution in [1.82, 2.24) is 19.7 Å². The van der Waals surface area contributed by atoms with Gasteiger partial charge in [-0.1, -0.05) is 37.5 Å². The summed E-state index contributed by atoms with van der Waals surface area (Å²) in [6.45, 7) is 4.18. The molecule has 2 fully saturated rings. The smallest absolute Gasteiger partial charge is 0.254 e. The van der Waals surface area contributed by atoms with Gasteiger partial charge in [-0.3, -0.25) is 14.5 Å². The van der Waals surface area contributed by atoms with Gasteiger partial charge < -0.3 is 4.90 Å². The molecule has 3 heterocycles. The number of carbonyl (C=O) groups excluding carboxylic acids is 1. The van der Waals surface area contributed by atoms with Gasteiger partial charge in [0.25, 0.3) is 5.91 Å². The van der Waals surface area contributed by atoms with Crippen LogP contribution in [0.25, 0.3) is 11.3 Å². The molecule has 1 aromatic carbocycles. The predicted octanol–water partition coefficient (Wildman–Crippen LogP) is 5.98. The second-order valence-corrected chi connectivity index (χ2v) is 10.1. The Morgan fingerprint density at radius 2 is 1.91 bits per heavy atom. The molecule has 178 valence electrons. The third-order valence-corrected chi connectivity index (χ3v) is 7.48. The SMILES string of the molecule is Cc1cccnc1-c1ccc2c(c1)C(=O)N(CC1CCC1)C2.FC1(Cn2cccn2)CCCC1. The third-order valence-electron chi connectivity index (χ3n) is 7.48. The lowest BCUT2D eigenvalue weighted by Gasteiger charge is -2.29. The minimum Gasteiger partial charge on any atom is -0.334 e. The van der Waals surface area contributed by atoms with Crippen LogP contribution in [0.1, 0.15) is 66.4 Å². The number of amides is 1. The first-order valence-corrected chi connectivity index (χ1v) is 12.5. The van der Waals surface area contributed by atoms with E-state index in [1.165, 1.54) is 19.3 Å². The number of benzene rings is 1. The number of pyridine rings is 1. The lowest BCUT2D eigenvalue weighted by Crippen LogP contribution is -2.32. The van der Waals surface area contributed by atoms with Crippen molar-refractivity contribution >= 4 is 5.91 Å². The highest BCUT2D eigenvalue weighted by Crippen LogP contribution is 2.35. The van der Waals surface area contributed by atoms with Gasteiger partial charge in [0.1, 0.15) is 5.67 Å². The molecule has 0 spiro atoms. The van der Waals surface area contributed by atoms with E-state index in [0.29, 0.717) is 19.4 Å². The number of aromatic nitrogens is 3. The molecule has 0 atom stereocenters. The van der Waals surface area contributed by atoms with Gasteiger partial charge in [0.2, 0.25) is 0 Å². The number of fused-ring (bicyclic) bond motifs is 1. The first-order chi connectivity index (χ1) is 16.5. The maximum absolute atomic E-state index is 13.8.